The highest BCUT2D eigenvalue weighted by Gasteiger charge is 2.18. The first kappa shape index (κ1) is 13.7. The third-order valence-corrected chi connectivity index (χ3v) is 2.56. The number of hydrogen-bond acceptors (Lipinski definition) is 2. The Kier molecular flexibility index (Phi) is 3.74. The number of halogens is 2. The van der Waals surface area contributed by atoms with E-state index in [0.717, 1.165) is 18.2 Å². The minimum absolute atomic E-state index is 0.148. The van der Waals surface area contributed by atoms with Crippen LogP contribution in [-0.4, -0.2) is 17.0 Å². The van der Waals surface area contributed by atoms with Crippen LogP contribution < -0.4 is 5.32 Å². The molecule has 0 aliphatic heterocycles. The number of carbonyl (C=O) groups is 2. The van der Waals surface area contributed by atoms with Gasteiger partial charge in [-0.2, -0.15) is 0 Å². The van der Waals surface area contributed by atoms with Gasteiger partial charge in [0, 0.05) is 5.69 Å². The molecule has 0 atom stereocenters. The number of amides is 1. The lowest BCUT2D eigenvalue weighted by Crippen LogP contribution is -2.16. The first-order chi connectivity index (χ1) is 9.49. The SMILES string of the molecule is O=C(O)c1cccc(C(=O)Nc2cccc(F)c2)c1F. The van der Waals surface area contributed by atoms with Gasteiger partial charge in [-0.15, -0.1) is 0 Å². The Labute approximate surface area is 112 Å². The van der Waals surface area contributed by atoms with Gasteiger partial charge in [-0.3, -0.25) is 4.79 Å². The van der Waals surface area contributed by atoms with E-state index in [1.807, 2.05) is 0 Å². The zero-order valence-electron chi connectivity index (χ0n) is 10.1. The molecule has 2 aromatic carbocycles. The van der Waals surface area contributed by atoms with E-state index in [2.05, 4.69) is 5.32 Å². The summed E-state index contributed by atoms with van der Waals surface area (Å²) in [7, 11) is 0. The molecule has 2 N–H and O–H groups in total. The smallest absolute Gasteiger partial charge is 0.338 e. The third kappa shape index (κ3) is 2.80. The average molecular weight is 277 g/mol. The van der Waals surface area contributed by atoms with Crippen LogP contribution in [0.4, 0.5) is 14.5 Å². The molecule has 0 saturated carbocycles. The van der Waals surface area contributed by atoms with Gasteiger partial charge in [0.15, 0.2) is 0 Å². The van der Waals surface area contributed by atoms with Crippen molar-refractivity contribution >= 4 is 17.6 Å². The summed E-state index contributed by atoms with van der Waals surface area (Å²) in [4.78, 5) is 22.6. The quantitative estimate of drug-likeness (QED) is 0.906. The molecule has 6 heteroatoms. The zero-order valence-corrected chi connectivity index (χ0v) is 10.1. The van der Waals surface area contributed by atoms with E-state index in [9.17, 15) is 18.4 Å². The summed E-state index contributed by atoms with van der Waals surface area (Å²) in [6, 6.07) is 8.53. The molecule has 0 unspecified atom stereocenters. The van der Waals surface area contributed by atoms with Crippen molar-refractivity contribution in [1.82, 2.24) is 0 Å². The van der Waals surface area contributed by atoms with E-state index >= 15 is 0 Å². The highest BCUT2D eigenvalue weighted by Crippen LogP contribution is 2.16. The summed E-state index contributed by atoms with van der Waals surface area (Å²) in [6.45, 7) is 0. The first-order valence-electron chi connectivity index (χ1n) is 5.58. The van der Waals surface area contributed by atoms with Crippen LogP contribution in [0.5, 0.6) is 0 Å². The van der Waals surface area contributed by atoms with Crippen LogP contribution in [0.2, 0.25) is 0 Å². The Bertz CT molecular complexity index is 686. The molecule has 0 fully saturated rings. The van der Waals surface area contributed by atoms with E-state index in [1.165, 1.54) is 24.3 Å². The van der Waals surface area contributed by atoms with Gasteiger partial charge in [-0.25, -0.2) is 13.6 Å². The molecule has 20 heavy (non-hydrogen) atoms. The fraction of sp³-hybridized carbons (Fsp3) is 0. The summed E-state index contributed by atoms with van der Waals surface area (Å²) in [5.74, 6) is -4.00. The Morgan fingerprint density at radius 2 is 1.65 bits per heavy atom. The van der Waals surface area contributed by atoms with Gasteiger partial charge in [0.1, 0.15) is 11.6 Å². The zero-order chi connectivity index (χ0) is 14.7. The monoisotopic (exact) mass is 277 g/mol. The number of benzene rings is 2. The molecule has 1 amide bonds. The van der Waals surface area contributed by atoms with Gasteiger partial charge in [-0.05, 0) is 30.3 Å². The summed E-state index contributed by atoms with van der Waals surface area (Å²) in [5.41, 5.74) is -0.874. The maximum atomic E-state index is 13.8. The fourth-order valence-corrected chi connectivity index (χ4v) is 1.64. The van der Waals surface area contributed by atoms with Gasteiger partial charge in [0.2, 0.25) is 0 Å². The standard InChI is InChI=1S/C14H9F2NO3/c15-8-3-1-4-9(7-8)17-13(18)10-5-2-6-11(12(10)16)14(19)20/h1-7H,(H,17,18)(H,19,20). The van der Waals surface area contributed by atoms with Crippen molar-refractivity contribution in [3.63, 3.8) is 0 Å². The van der Waals surface area contributed by atoms with Gasteiger partial charge < -0.3 is 10.4 Å². The third-order valence-electron chi connectivity index (χ3n) is 2.56. The maximum absolute atomic E-state index is 13.8. The average Bonchev–Trinajstić information content (AvgIpc) is 2.38. The van der Waals surface area contributed by atoms with Crippen molar-refractivity contribution < 1.29 is 23.5 Å². The predicted octanol–water partition coefficient (Wildman–Crippen LogP) is 2.92. The number of anilines is 1. The molecule has 4 nitrogen and oxygen atoms in total. The lowest BCUT2D eigenvalue weighted by molar-refractivity contribution is 0.0692. The minimum Gasteiger partial charge on any atom is -0.478 e. The van der Waals surface area contributed by atoms with E-state index in [-0.39, 0.29) is 5.69 Å². The molecule has 2 rings (SSSR count). The maximum Gasteiger partial charge on any atom is 0.338 e. The number of hydrogen-bond donors (Lipinski definition) is 2. The fourth-order valence-electron chi connectivity index (χ4n) is 1.64. The van der Waals surface area contributed by atoms with Crippen molar-refractivity contribution in [1.29, 1.82) is 0 Å². The van der Waals surface area contributed by atoms with Crippen molar-refractivity contribution in [2.24, 2.45) is 0 Å². The number of aromatic carboxylic acids is 1. The summed E-state index contributed by atoms with van der Waals surface area (Å²) in [6.07, 6.45) is 0. The van der Waals surface area contributed by atoms with Crippen LogP contribution in [0.1, 0.15) is 20.7 Å². The van der Waals surface area contributed by atoms with Crippen molar-refractivity contribution in [3.8, 4) is 0 Å². The number of rotatable bonds is 3. The predicted molar refractivity (Wildman–Crippen MR) is 67.7 cm³/mol. The minimum atomic E-state index is -1.47. The molecule has 0 saturated heterocycles. The molecule has 0 aromatic heterocycles. The van der Waals surface area contributed by atoms with Crippen LogP contribution in [0, 0.1) is 11.6 Å². The van der Waals surface area contributed by atoms with Gasteiger partial charge in [0.05, 0.1) is 11.1 Å². The topological polar surface area (TPSA) is 66.4 Å². The van der Waals surface area contributed by atoms with E-state index in [4.69, 9.17) is 5.11 Å². The van der Waals surface area contributed by atoms with Crippen LogP contribution >= 0.6 is 0 Å². The lowest BCUT2D eigenvalue weighted by Gasteiger charge is -2.07. The second-order valence-electron chi connectivity index (χ2n) is 3.94. The molecular formula is C14H9F2NO3. The van der Waals surface area contributed by atoms with Crippen molar-refractivity contribution in [2.75, 3.05) is 5.32 Å². The van der Waals surface area contributed by atoms with Crippen LogP contribution in [0.3, 0.4) is 0 Å². The second kappa shape index (κ2) is 5.48. The highest BCUT2D eigenvalue weighted by atomic mass is 19.1. The Hall–Kier alpha value is -2.76. The van der Waals surface area contributed by atoms with Gasteiger partial charge in [-0.1, -0.05) is 12.1 Å². The van der Waals surface area contributed by atoms with Gasteiger partial charge in [0.25, 0.3) is 5.91 Å². The summed E-state index contributed by atoms with van der Waals surface area (Å²) < 4.78 is 26.8. The Morgan fingerprint density at radius 3 is 2.30 bits per heavy atom. The molecular weight excluding hydrogens is 268 g/mol. The van der Waals surface area contributed by atoms with E-state index in [1.54, 1.807) is 0 Å². The number of nitrogens with one attached hydrogen (secondary N) is 1. The summed E-state index contributed by atoms with van der Waals surface area (Å²) in [5, 5.41) is 11.1. The molecule has 0 spiro atoms. The lowest BCUT2D eigenvalue weighted by atomic mass is 10.1. The molecule has 102 valence electrons. The first-order valence-corrected chi connectivity index (χ1v) is 5.58. The number of carboxylic acids is 1. The van der Waals surface area contributed by atoms with Crippen molar-refractivity contribution in [2.45, 2.75) is 0 Å². The molecule has 0 aliphatic carbocycles. The normalized spacial score (nSPS) is 10.1. The molecule has 0 bridgehead atoms. The van der Waals surface area contributed by atoms with E-state index in [0.29, 0.717) is 0 Å². The molecule has 2 aromatic rings. The Morgan fingerprint density at radius 1 is 1.00 bits per heavy atom. The van der Waals surface area contributed by atoms with Gasteiger partial charge >= 0.3 is 5.97 Å². The molecule has 0 radical (unpaired) electrons. The van der Waals surface area contributed by atoms with Crippen molar-refractivity contribution in [3.05, 3.63) is 65.2 Å². The summed E-state index contributed by atoms with van der Waals surface area (Å²) >= 11 is 0. The van der Waals surface area contributed by atoms with Crippen LogP contribution in [0.15, 0.2) is 42.5 Å². The Balaban J connectivity index is 2.30. The highest BCUT2D eigenvalue weighted by molar-refractivity contribution is 6.05. The molecule has 0 heterocycles. The van der Waals surface area contributed by atoms with E-state index < -0.39 is 34.6 Å². The second-order valence-corrected chi connectivity index (χ2v) is 3.94. The van der Waals surface area contributed by atoms with Crippen LogP contribution in [0.25, 0.3) is 0 Å². The molecule has 0 aliphatic rings. The number of carboxylic acid groups (broad SMARTS) is 1. The van der Waals surface area contributed by atoms with Crippen LogP contribution in [-0.2, 0) is 0 Å². The largest absolute Gasteiger partial charge is 0.478 e. The number of carbonyl (C=O) groups excluding carboxylic acids is 1.